The van der Waals surface area contributed by atoms with Gasteiger partial charge >= 0.3 is 6.09 Å². The number of ether oxygens (including phenoxy) is 1. The standard InChI is InChI=1S/C22H18FNO3/c23-15-10-9-14(21(25)11-15)12-24-22(26)27-13-20-18-7-3-1-5-16(18)17-6-2-4-8-19(17)20/h1-11,20,25H,12-13H2,(H,24,26). The molecule has 0 bridgehead atoms. The number of phenols is 1. The molecule has 136 valence electrons. The smallest absolute Gasteiger partial charge is 0.407 e. The van der Waals surface area contributed by atoms with E-state index in [0.29, 0.717) is 5.56 Å². The number of hydrogen-bond donors (Lipinski definition) is 2. The molecule has 27 heavy (non-hydrogen) atoms. The van der Waals surface area contributed by atoms with Crippen LogP contribution in [-0.4, -0.2) is 17.8 Å². The highest BCUT2D eigenvalue weighted by Gasteiger charge is 2.28. The molecule has 0 saturated heterocycles. The van der Waals surface area contributed by atoms with Crippen molar-refractivity contribution in [3.63, 3.8) is 0 Å². The second kappa shape index (κ2) is 7.11. The molecule has 0 heterocycles. The van der Waals surface area contributed by atoms with Gasteiger partial charge in [0.2, 0.25) is 0 Å². The van der Waals surface area contributed by atoms with Crippen molar-refractivity contribution in [1.29, 1.82) is 0 Å². The topological polar surface area (TPSA) is 58.6 Å². The Balaban J connectivity index is 1.42. The van der Waals surface area contributed by atoms with Gasteiger partial charge in [-0.05, 0) is 28.3 Å². The van der Waals surface area contributed by atoms with Crippen LogP contribution in [0.2, 0.25) is 0 Å². The third kappa shape index (κ3) is 3.36. The summed E-state index contributed by atoms with van der Waals surface area (Å²) in [5.41, 5.74) is 5.03. The predicted molar refractivity (Wildman–Crippen MR) is 100.0 cm³/mol. The van der Waals surface area contributed by atoms with Gasteiger partial charge in [-0.15, -0.1) is 0 Å². The number of carbonyl (C=O) groups is 1. The normalized spacial score (nSPS) is 12.3. The van der Waals surface area contributed by atoms with Crippen LogP contribution in [0.1, 0.15) is 22.6 Å². The summed E-state index contributed by atoms with van der Waals surface area (Å²) in [6.45, 7) is 0.276. The van der Waals surface area contributed by atoms with Gasteiger partial charge in [0.1, 0.15) is 18.2 Å². The molecule has 3 aromatic rings. The Labute approximate surface area is 156 Å². The van der Waals surface area contributed by atoms with Crippen LogP contribution in [0.3, 0.4) is 0 Å². The maximum absolute atomic E-state index is 13.0. The van der Waals surface area contributed by atoms with Crippen LogP contribution >= 0.6 is 0 Å². The van der Waals surface area contributed by atoms with Crippen LogP contribution in [0.4, 0.5) is 9.18 Å². The quantitative estimate of drug-likeness (QED) is 0.714. The first-order valence-corrected chi connectivity index (χ1v) is 8.69. The zero-order chi connectivity index (χ0) is 18.8. The van der Waals surface area contributed by atoms with Gasteiger partial charge in [-0.1, -0.05) is 54.6 Å². The molecule has 2 N–H and O–H groups in total. The number of alkyl carbamates (subject to hydrolysis) is 1. The number of fused-ring (bicyclic) bond motifs is 3. The molecule has 0 fully saturated rings. The van der Waals surface area contributed by atoms with E-state index in [1.165, 1.54) is 23.3 Å². The zero-order valence-corrected chi connectivity index (χ0v) is 14.5. The second-order valence-corrected chi connectivity index (χ2v) is 6.45. The maximum atomic E-state index is 13.0. The summed E-state index contributed by atoms with van der Waals surface area (Å²) < 4.78 is 18.4. The molecule has 0 radical (unpaired) electrons. The molecule has 0 atom stereocenters. The molecule has 4 nitrogen and oxygen atoms in total. The van der Waals surface area contributed by atoms with Gasteiger partial charge in [0.25, 0.3) is 0 Å². The van der Waals surface area contributed by atoms with E-state index in [2.05, 4.69) is 29.6 Å². The first-order chi connectivity index (χ1) is 13.1. The molecule has 0 aliphatic heterocycles. The van der Waals surface area contributed by atoms with E-state index in [4.69, 9.17) is 4.74 Å². The number of amides is 1. The number of phenolic OH excluding ortho intramolecular Hbond substituents is 1. The minimum Gasteiger partial charge on any atom is -0.507 e. The van der Waals surface area contributed by atoms with Crippen molar-refractivity contribution in [3.8, 4) is 16.9 Å². The van der Waals surface area contributed by atoms with E-state index >= 15 is 0 Å². The monoisotopic (exact) mass is 363 g/mol. The van der Waals surface area contributed by atoms with Crippen LogP contribution in [-0.2, 0) is 11.3 Å². The van der Waals surface area contributed by atoms with E-state index in [0.717, 1.165) is 17.2 Å². The minimum absolute atomic E-state index is 0.0117. The summed E-state index contributed by atoms with van der Waals surface area (Å²) in [5, 5.41) is 12.3. The van der Waals surface area contributed by atoms with Gasteiger partial charge in [0.05, 0.1) is 0 Å². The van der Waals surface area contributed by atoms with Gasteiger partial charge in [-0.3, -0.25) is 0 Å². The van der Waals surface area contributed by atoms with Gasteiger partial charge in [0.15, 0.2) is 0 Å². The van der Waals surface area contributed by atoms with Gasteiger partial charge in [-0.25, -0.2) is 9.18 Å². The van der Waals surface area contributed by atoms with Crippen molar-refractivity contribution in [2.45, 2.75) is 12.5 Å². The Morgan fingerprint density at radius 1 is 1.00 bits per heavy atom. The van der Waals surface area contributed by atoms with Crippen molar-refractivity contribution in [1.82, 2.24) is 5.32 Å². The molecule has 1 aliphatic carbocycles. The number of carbonyl (C=O) groups excluding carboxylic acids is 1. The van der Waals surface area contributed by atoms with E-state index in [1.54, 1.807) is 0 Å². The highest BCUT2D eigenvalue weighted by atomic mass is 19.1. The van der Waals surface area contributed by atoms with Crippen LogP contribution < -0.4 is 5.32 Å². The summed E-state index contributed by atoms with van der Waals surface area (Å²) in [6, 6.07) is 19.9. The zero-order valence-electron chi connectivity index (χ0n) is 14.5. The van der Waals surface area contributed by atoms with Crippen LogP contribution in [0.25, 0.3) is 11.1 Å². The van der Waals surface area contributed by atoms with Gasteiger partial charge in [0, 0.05) is 24.1 Å². The number of rotatable bonds is 4. The molecular weight excluding hydrogens is 345 g/mol. The summed E-state index contributed by atoms with van der Waals surface area (Å²) >= 11 is 0. The van der Waals surface area contributed by atoms with Crippen molar-refractivity contribution < 1.29 is 19.0 Å². The third-order valence-electron chi connectivity index (χ3n) is 4.81. The highest BCUT2D eigenvalue weighted by Crippen LogP contribution is 2.44. The summed E-state index contributed by atoms with van der Waals surface area (Å²) in [7, 11) is 0. The Morgan fingerprint density at radius 2 is 1.63 bits per heavy atom. The van der Waals surface area contributed by atoms with Crippen molar-refractivity contribution in [2.75, 3.05) is 6.61 Å². The SMILES string of the molecule is O=C(NCc1ccc(F)cc1O)OCC1c2ccccc2-c2ccccc21. The number of nitrogens with one attached hydrogen (secondary N) is 1. The lowest BCUT2D eigenvalue weighted by Gasteiger charge is -2.14. The lowest BCUT2D eigenvalue weighted by atomic mass is 9.98. The van der Waals surface area contributed by atoms with Crippen molar-refractivity contribution in [3.05, 3.63) is 89.2 Å². The highest BCUT2D eigenvalue weighted by molar-refractivity contribution is 5.79. The van der Waals surface area contributed by atoms with Crippen LogP contribution in [0.5, 0.6) is 5.75 Å². The van der Waals surface area contributed by atoms with Gasteiger partial charge < -0.3 is 15.2 Å². The van der Waals surface area contributed by atoms with Crippen molar-refractivity contribution in [2.24, 2.45) is 0 Å². The molecule has 0 aromatic heterocycles. The Hall–Kier alpha value is -3.34. The van der Waals surface area contributed by atoms with E-state index in [9.17, 15) is 14.3 Å². The second-order valence-electron chi connectivity index (χ2n) is 6.45. The molecule has 0 unspecified atom stereocenters. The first kappa shape index (κ1) is 17.1. The van der Waals surface area contributed by atoms with Crippen LogP contribution in [0, 0.1) is 5.82 Å². The summed E-state index contributed by atoms with van der Waals surface area (Å²) in [5.74, 6) is -0.742. The molecule has 3 aromatic carbocycles. The summed E-state index contributed by atoms with van der Waals surface area (Å²) in [4.78, 5) is 12.1. The predicted octanol–water partition coefficient (Wildman–Crippen LogP) is 4.57. The molecule has 1 aliphatic rings. The number of aromatic hydroxyl groups is 1. The lowest BCUT2D eigenvalue weighted by Crippen LogP contribution is -2.25. The Bertz CT molecular complexity index is 957. The summed E-state index contributed by atoms with van der Waals surface area (Å²) in [6.07, 6.45) is -0.583. The fourth-order valence-corrected chi connectivity index (χ4v) is 3.50. The Kier molecular flexibility index (Phi) is 4.50. The fourth-order valence-electron chi connectivity index (χ4n) is 3.50. The number of halogens is 1. The average molecular weight is 363 g/mol. The average Bonchev–Trinajstić information content (AvgIpc) is 3.00. The van der Waals surface area contributed by atoms with Crippen molar-refractivity contribution >= 4 is 6.09 Å². The number of hydrogen-bond acceptors (Lipinski definition) is 3. The largest absolute Gasteiger partial charge is 0.507 e. The lowest BCUT2D eigenvalue weighted by molar-refractivity contribution is 0.142. The molecule has 4 rings (SSSR count). The molecule has 1 amide bonds. The molecule has 0 spiro atoms. The van der Waals surface area contributed by atoms with Crippen LogP contribution in [0.15, 0.2) is 66.7 Å². The Morgan fingerprint density at radius 3 is 2.26 bits per heavy atom. The molecular formula is C22H18FNO3. The molecule has 5 heteroatoms. The minimum atomic E-state index is -0.583. The fraction of sp³-hybridized carbons (Fsp3) is 0.136. The van der Waals surface area contributed by atoms with Gasteiger partial charge in [-0.2, -0.15) is 0 Å². The first-order valence-electron chi connectivity index (χ1n) is 8.69. The maximum Gasteiger partial charge on any atom is 0.407 e. The third-order valence-corrected chi connectivity index (χ3v) is 4.81. The van der Waals surface area contributed by atoms with E-state index in [-0.39, 0.29) is 24.8 Å². The van der Waals surface area contributed by atoms with E-state index in [1.807, 2.05) is 24.3 Å². The van der Waals surface area contributed by atoms with E-state index < -0.39 is 11.9 Å². The molecule has 0 saturated carbocycles. The number of benzene rings is 3.